The molecule has 2 aromatic rings. The lowest BCUT2D eigenvalue weighted by Crippen LogP contribution is -2.23. The molecule has 100 valence electrons. The first-order chi connectivity index (χ1) is 8.95. The number of aliphatic hydroxyl groups is 1. The Morgan fingerprint density at radius 1 is 1.11 bits per heavy atom. The van der Waals surface area contributed by atoms with Gasteiger partial charge >= 0.3 is 0 Å². The highest BCUT2D eigenvalue weighted by Gasteiger charge is 2.27. The summed E-state index contributed by atoms with van der Waals surface area (Å²) in [7, 11) is 1.64. The minimum atomic E-state index is -1.02. The summed E-state index contributed by atoms with van der Waals surface area (Å²) in [5.41, 5.74) is 1.74. The number of halogens is 1. The molecule has 0 saturated heterocycles. The van der Waals surface area contributed by atoms with Gasteiger partial charge in [0.2, 0.25) is 0 Å². The maximum atomic E-state index is 10.8. The lowest BCUT2D eigenvalue weighted by molar-refractivity contribution is 0.101. The molecule has 0 amide bonds. The van der Waals surface area contributed by atoms with Crippen molar-refractivity contribution < 1.29 is 9.84 Å². The summed E-state index contributed by atoms with van der Waals surface area (Å²) in [6.07, 6.45) is 0. The molecule has 0 radical (unpaired) electrons. The number of hydrogen-bond donors (Lipinski definition) is 1. The molecule has 1 N–H and O–H groups in total. The largest absolute Gasteiger partial charge is 0.497 e. The Morgan fingerprint density at radius 3 is 2.26 bits per heavy atom. The lowest BCUT2D eigenvalue weighted by Gasteiger charge is -2.26. The highest BCUT2D eigenvalue weighted by molar-refractivity contribution is 9.10. The van der Waals surface area contributed by atoms with E-state index in [1.165, 1.54) is 0 Å². The number of rotatable bonds is 3. The number of methoxy groups -OCH3 is 1. The number of aryl methyl sites for hydroxylation is 1. The fraction of sp³-hybridized carbons (Fsp3) is 0.250. The Hall–Kier alpha value is -1.32. The van der Waals surface area contributed by atoms with Crippen molar-refractivity contribution in [1.82, 2.24) is 0 Å². The summed E-state index contributed by atoms with van der Waals surface area (Å²) < 4.78 is 6.19. The van der Waals surface area contributed by atoms with Crippen LogP contribution in [-0.2, 0) is 5.60 Å². The van der Waals surface area contributed by atoms with Gasteiger partial charge in [0.1, 0.15) is 11.4 Å². The zero-order valence-corrected chi connectivity index (χ0v) is 12.9. The van der Waals surface area contributed by atoms with E-state index in [-0.39, 0.29) is 0 Å². The second kappa shape index (κ2) is 5.35. The minimum Gasteiger partial charge on any atom is -0.497 e. The van der Waals surface area contributed by atoms with Crippen molar-refractivity contribution in [3.05, 3.63) is 63.6 Å². The van der Waals surface area contributed by atoms with Crippen molar-refractivity contribution in [3.8, 4) is 5.75 Å². The standard InChI is InChI=1S/C16H17BrO2/c1-11-10-14(19-3)8-9-15(11)16(2,18)12-4-6-13(17)7-5-12/h4-10,18H,1-3H3. The Morgan fingerprint density at radius 2 is 1.74 bits per heavy atom. The van der Waals surface area contributed by atoms with Gasteiger partial charge in [0, 0.05) is 4.47 Å². The predicted molar refractivity (Wildman–Crippen MR) is 80.5 cm³/mol. The zero-order chi connectivity index (χ0) is 14.0. The van der Waals surface area contributed by atoms with E-state index in [2.05, 4.69) is 15.9 Å². The molecule has 0 bridgehead atoms. The van der Waals surface area contributed by atoms with Crippen LogP contribution in [0.25, 0.3) is 0 Å². The van der Waals surface area contributed by atoms with Crippen LogP contribution in [0.4, 0.5) is 0 Å². The van der Waals surface area contributed by atoms with Gasteiger partial charge in [0.15, 0.2) is 0 Å². The molecule has 0 heterocycles. The molecule has 0 aliphatic heterocycles. The molecule has 0 saturated carbocycles. The van der Waals surface area contributed by atoms with Gasteiger partial charge < -0.3 is 9.84 Å². The van der Waals surface area contributed by atoms with E-state index in [0.717, 1.165) is 26.9 Å². The van der Waals surface area contributed by atoms with Crippen molar-refractivity contribution in [3.63, 3.8) is 0 Å². The minimum absolute atomic E-state index is 0.799. The van der Waals surface area contributed by atoms with Crippen LogP contribution in [0, 0.1) is 6.92 Å². The van der Waals surface area contributed by atoms with Crippen molar-refractivity contribution in [1.29, 1.82) is 0 Å². The first-order valence-electron chi connectivity index (χ1n) is 6.08. The van der Waals surface area contributed by atoms with Gasteiger partial charge in [-0.15, -0.1) is 0 Å². The average Bonchev–Trinajstić information content (AvgIpc) is 2.38. The van der Waals surface area contributed by atoms with E-state index in [0.29, 0.717) is 0 Å². The third-order valence-corrected chi connectivity index (χ3v) is 3.89. The van der Waals surface area contributed by atoms with Crippen LogP contribution >= 0.6 is 15.9 Å². The number of hydrogen-bond acceptors (Lipinski definition) is 2. The van der Waals surface area contributed by atoms with Crippen LogP contribution in [0.2, 0.25) is 0 Å². The van der Waals surface area contributed by atoms with Gasteiger partial charge in [-0.3, -0.25) is 0 Å². The number of ether oxygens (including phenoxy) is 1. The average molecular weight is 321 g/mol. The molecule has 0 fully saturated rings. The molecule has 0 aromatic heterocycles. The maximum Gasteiger partial charge on any atom is 0.119 e. The molecular formula is C16H17BrO2. The lowest BCUT2D eigenvalue weighted by atomic mass is 9.85. The van der Waals surface area contributed by atoms with Gasteiger partial charge in [-0.1, -0.05) is 34.1 Å². The summed E-state index contributed by atoms with van der Waals surface area (Å²) in [6, 6.07) is 13.4. The zero-order valence-electron chi connectivity index (χ0n) is 11.3. The predicted octanol–water partition coefficient (Wildman–Crippen LogP) is 4.02. The molecule has 1 atom stereocenters. The molecule has 0 spiro atoms. The highest BCUT2D eigenvalue weighted by atomic mass is 79.9. The van der Waals surface area contributed by atoms with Crippen molar-refractivity contribution in [2.45, 2.75) is 19.4 Å². The normalized spacial score (nSPS) is 13.9. The molecule has 2 aromatic carbocycles. The molecule has 2 nitrogen and oxygen atoms in total. The van der Waals surface area contributed by atoms with Crippen LogP contribution in [0.1, 0.15) is 23.6 Å². The van der Waals surface area contributed by atoms with E-state index >= 15 is 0 Å². The van der Waals surface area contributed by atoms with E-state index in [1.807, 2.05) is 56.3 Å². The topological polar surface area (TPSA) is 29.5 Å². The Balaban J connectivity index is 2.46. The Labute approximate surface area is 122 Å². The molecular weight excluding hydrogens is 304 g/mol. The third-order valence-electron chi connectivity index (χ3n) is 3.36. The van der Waals surface area contributed by atoms with Crippen LogP contribution in [0.3, 0.4) is 0 Å². The van der Waals surface area contributed by atoms with Gasteiger partial charge in [-0.25, -0.2) is 0 Å². The van der Waals surface area contributed by atoms with E-state index < -0.39 is 5.60 Å². The van der Waals surface area contributed by atoms with E-state index in [9.17, 15) is 5.11 Å². The van der Waals surface area contributed by atoms with Crippen LogP contribution < -0.4 is 4.74 Å². The van der Waals surface area contributed by atoms with Gasteiger partial charge in [-0.2, -0.15) is 0 Å². The molecule has 1 unspecified atom stereocenters. The SMILES string of the molecule is COc1ccc(C(C)(O)c2ccc(Br)cc2)c(C)c1. The van der Waals surface area contributed by atoms with Gasteiger partial charge in [0.05, 0.1) is 7.11 Å². The second-order valence-electron chi connectivity index (χ2n) is 4.76. The molecule has 0 aliphatic rings. The summed E-state index contributed by atoms with van der Waals surface area (Å²) >= 11 is 3.40. The van der Waals surface area contributed by atoms with Crippen molar-refractivity contribution in [2.24, 2.45) is 0 Å². The summed E-state index contributed by atoms with van der Waals surface area (Å²) in [6.45, 7) is 3.79. The first kappa shape index (κ1) is 14.1. The summed E-state index contributed by atoms with van der Waals surface area (Å²) in [5, 5.41) is 10.8. The second-order valence-corrected chi connectivity index (χ2v) is 5.68. The summed E-state index contributed by atoms with van der Waals surface area (Å²) in [4.78, 5) is 0. The summed E-state index contributed by atoms with van der Waals surface area (Å²) in [5.74, 6) is 0.799. The fourth-order valence-electron chi connectivity index (χ4n) is 2.24. The highest BCUT2D eigenvalue weighted by Crippen LogP contribution is 2.33. The van der Waals surface area contributed by atoms with Crippen molar-refractivity contribution >= 4 is 15.9 Å². The third kappa shape index (κ3) is 2.82. The fourth-order valence-corrected chi connectivity index (χ4v) is 2.50. The Bertz CT molecular complexity index is 574. The Kier molecular flexibility index (Phi) is 3.97. The van der Waals surface area contributed by atoms with Crippen LogP contribution in [0.5, 0.6) is 5.75 Å². The van der Waals surface area contributed by atoms with Gasteiger partial charge in [-0.05, 0) is 54.8 Å². The number of benzene rings is 2. The van der Waals surface area contributed by atoms with Gasteiger partial charge in [0.25, 0.3) is 0 Å². The molecule has 0 aliphatic carbocycles. The first-order valence-corrected chi connectivity index (χ1v) is 6.88. The monoisotopic (exact) mass is 320 g/mol. The molecule has 3 heteroatoms. The molecule has 2 rings (SSSR count). The van der Waals surface area contributed by atoms with E-state index in [1.54, 1.807) is 7.11 Å². The molecule has 19 heavy (non-hydrogen) atoms. The van der Waals surface area contributed by atoms with E-state index in [4.69, 9.17) is 4.74 Å². The maximum absolute atomic E-state index is 10.8. The smallest absolute Gasteiger partial charge is 0.119 e. The van der Waals surface area contributed by atoms with Crippen molar-refractivity contribution in [2.75, 3.05) is 7.11 Å². The van der Waals surface area contributed by atoms with Crippen LogP contribution in [-0.4, -0.2) is 12.2 Å². The van der Waals surface area contributed by atoms with Crippen LogP contribution in [0.15, 0.2) is 46.9 Å². The quantitative estimate of drug-likeness (QED) is 0.925.